The van der Waals surface area contributed by atoms with E-state index in [4.69, 9.17) is 11.1 Å². The van der Waals surface area contributed by atoms with Gasteiger partial charge in [-0.05, 0) is 12.1 Å². The number of carbonyl (C=O) groups excluding carboxylic acids is 1. The Hall–Kier alpha value is -1.84. The molecular formula is C10H13N3O. The van der Waals surface area contributed by atoms with Crippen LogP contribution in [0.25, 0.3) is 0 Å². The Labute approximate surface area is 82.8 Å². The molecule has 74 valence electrons. The number of nitrogens with two attached hydrogens (primary N) is 1. The molecule has 14 heavy (non-hydrogen) atoms. The Kier molecular flexibility index (Phi) is 2.86. The van der Waals surface area contributed by atoms with Crippen LogP contribution in [0, 0.1) is 5.41 Å². The van der Waals surface area contributed by atoms with Gasteiger partial charge >= 0.3 is 0 Å². The summed E-state index contributed by atoms with van der Waals surface area (Å²) in [6.07, 6.45) is 0. The number of rotatable bonds is 2. The van der Waals surface area contributed by atoms with Gasteiger partial charge in [0, 0.05) is 25.2 Å². The minimum atomic E-state index is -0.451. The van der Waals surface area contributed by atoms with Crippen molar-refractivity contribution >= 4 is 11.7 Å². The normalized spacial score (nSPS) is 9.57. The molecule has 0 unspecified atom stereocenters. The second-order valence-corrected chi connectivity index (χ2v) is 3.18. The number of carbonyl (C=O) groups is 1. The zero-order chi connectivity index (χ0) is 10.7. The standard InChI is InChI=1S/C10H13N3O/c1-13(2)9(11)7-3-5-8(6-4-7)10(12)14/h3-6,11H,1-2H3,(H2,12,14). The monoisotopic (exact) mass is 191 g/mol. The van der Waals surface area contributed by atoms with Gasteiger partial charge in [-0.2, -0.15) is 0 Å². The van der Waals surface area contributed by atoms with E-state index in [9.17, 15) is 4.79 Å². The smallest absolute Gasteiger partial charge is 0.248 e. The minimum Gasteiger partial charge on any atom is -0.366 e. The largest absolute Gasteiger partial charge is 0.366 e. The highest BCUT2D eigenvalue weighted by molar-refractivity contribution is 5.98. The molecule has 1 aromatic rings. The summed E-state index contributed by atoms with van der Waals surface area (Å²) in [6.45, 7) is 0. The molecule has 1 aromatic carbocycles. The van der Waals surface area contributed by atoms with E-state index in [1.165, 1.54) is 0 Å². The van der Waals surface area contributed by atoms with Crippen LogP contribution < -0.4 is 5.73 Å². The van der Waals surface area contributed by atoms with Crippen molar-refractivity contribution in [2.24, 2.45) is 5.73 Å². The Morgan fingerprint density at radius 3 is 2.00 bits per heavy atom. The summed E-state index contributed by atoms with van der Waals surface area (Å²) in [6, 6.07) is 6.66. The van der Waals surface area contributed by atoms with Crippen LogP contribution in [-0.4, -0.2) is 30.7 Å². The number of benzene rings is 1. The molecule has 0 saturated carbocycles. The number of amidine groups is 1. The van der Waals surface area contributed by atoms with Gasteiger partial charge in [0.15, 0.2) is 0 Å². The van der Waals surface area contributed by atoms with Gasteiger partial charge in [0.05, 0.1) is 0 Å². The number of hydrogen-bond donors (Lipinski definition) is 2. The highest BCUT2D eigenvalue weighted by Gasteiger charge is 2.04. The second-order valence-electron chi connectivity index (χ2n) is 3.18. The lowest BCUT2D eigenvalue weighted by molar-refractivity contribution is 0.100. The summed E-state index contributed by atoms with van der Waals surface area (Å²) in [5.41, 5.74) is 6.32. The maximum Gasteiger partial charge on any atom is 0.248 e. The van der Waals surface area contributed by atoms with Gasteiger partial charge in [0.2, 0.25) is 5.91 Å². The fraction of sp³-hybridized carbons (Fsp3) is 0.200. The van der Waals surface area contributed by atoms with Crippen LogP contribution >= 0.6 is 0 Å². The van der Waals surface area contributed by atoms with Gasteiger partial charge in [-0.25, -0.2) is 0 Å². The van der Waals surface area contributed by atoms with Gasteiger partial charge in [-0.1, -0.05) is 12.1 Å². The summed E-state index contributed by atoms with van der Waals surface area (Å²) in [7, 11) is 3.59. The number of hydrogen-bond acceptors (Lipinski definition) is 2. The van der Waals surface area contributed by atoms with E-state index in [1.54, 1.807) is 43.3 Å². The first-order valence-electron chi connectivity index (χ1n) is 4.18. The Balaban J connectivity index is 2.94. The minimum absolute atomic E-state index is 0.404. The van der Waals surface area contributed by atoms with Crippen LogP contribution in [0.4, 0.5) is 0 Å². The van der Waals surface area contributed by atoms with E-state index in [1.807, 2.05) is 0 Å². The van der Waals surface area contributed by atoms with Crippen LogP contribution in [0.1, 0.15) is 15.9 Å². The van der Waals surface area contributed by atoms with Crippen molar-refractivity contribution in [2.45, 2.75) is 0 Å². The third-order valence-electron chi connectivity index (χ3n) is 1.89. The van der Waals surface area contributed by atoms with Crippen molar-refractivity contribution in [3.8, 4) is 0 Å². The maximum absolute atomic E-state index is 10.8. The van der Waals surface area contributed by atoms with Crippen molar-refractivity contribution in [2.75, 3.05) is 14.1 Å². The fourth-order valence-electron chi connectivity index (χ4n) is 1.05. The Morgan fingerprint density at radius 2 is 1.64 bits per heavy atom. The van der Waals surface area contributed by atoms with Gasteiger partial charge in [0.25, 0.3) is 0 Å². The molecule has 0 spiro atoms. The van der Waals surface area contributed by atoms with Crippen molar-refractivity contribution < 1.29 is 4.79 Å². The molecule has 1 rings (SSSR count). The van der Waals surface area contributed by atoms with Crippen LogP contribution in [0.2, 0.25) is 0 Å². The molecule has 3 N–H and O–H groups in total. The molecular weight excluding hydrogens is 178 g/mol. The highest BCUT2D eigenvalue weighted by Crippen LogP contribution is 2.05. The first-order valence-corrected chi connectivity index (χ1v) is 4.18. The van der Waals surface area contributed by atoms with E-state index in [0.29, 0.717) is 11.4 Å². The third kappa shape index (κ3) is 2.10. The summed E-state index contributed by atoms with van der Waals surface area (Å²) in [4.78, 5) is 12.5. The van der Waals surface area contributed by atoms with Crippen molar-refractivity contribution in [3.63, 3.8) is 0 Å². The van der Waals surface area contributed by atoms with Crippen LogP contribution in [0.3, 0.4) is 0 Å². The van der Waals surface area contributed by atoms with E-state index in [-0.39, 0.29) is 0 Å². The summed E-state index contributed by atoms with van der Waals surface area (Å²) in [5, 5.41) is 7.67. The zero-order valence-electron chi connectivity index (χ0n) is 8.24. The van der Waals surface area contributed by atoms with Gasteiger partial charge in [0.1, 0.15) is 5.84 Å². The lowest BCUT2D eigenvalue weighted by atomic mass is 10.1. The van der Waals surface area contributed by atoms with Crippen molar-refractivity contribution in [1.82, 2.24) is 4.90 Å². The molecule has 4 nitrogen and oxygen atoms in total. The average molecular weight is 191 g/mol. The van der Waals surface area contributed by atoms with E-state index in [2.05, 4.69) is 0 Å². The Morgan fingerprint density at radius 1 is 1.21 bits per heavy atom. The molecule has 0 aromatic heterocycles. The molecule has 0 radical (unpaired) electrons. The quantitative estimate of drug-likeness (QED) is 0.533. The predicted octanol–water partition coefficient (Wildman–Crippen LogP) is 0.672. The number of nitrogens with one attached hydrogen (secondary N) is 1. The first-order chi connectivity index (χ1) is 6.52. The summed E-state index contributed by atoms with van der Waals surface area (Å²) >= 11 is 0. The predicted molar refractivity (Wildman–Crippen MR) is 55.5 cm³/mol. The average Bonchev–Trinajstić information content (AvgIpc) is 2.16. The molecule has 1 amide bonds. The van der Waals surface area contributed by atoms with E-state index in [0.717, 1.165) is 5.56 Å². The molecule has 0 bridgehead atoms. The molecule has 0 aliphatic rings. The molecule has 0 fully saturated rings. The molecule has 0 aliphatic carbocycles. The molecule has 0 heterocycles. The zero-order valence-corrected chi connectivity index (χ0v) is 8.24. The maximum atomic E-state index is 10.8. The first kappa shape index (κ1) is 10.2. The van der Waals surface area contributed by atoms with Crippen LogP contribution in [0.15, 0.2) is 24.3 Å². The van der Waals surface area contributed by atoms with Gasteiger partial charge in [-0.3, -0.25) is 10.2 Å². The van der Waals surface area contributed by atoms with Crippen molar-refractivity contribution in [1.29, 1.82) is 5.41 Å². The highest BCUT2D eigenvalue weighted by atomic mass is 16.1. The second kappa shape index (κ2) is 3.91. The third-order valence-corrected chi connectivity index (χ3v) is 1.89. The van der Waals surface area contributed by atoms with Crippen molar-refractivity contribution in [3.05, 3.63) is 35.4 Å². The topological polar surface area (TPSA) is 70.2 Å². The van der Waals surface area contributed by atoms with E-state index >= 15 is 0 Å². The summed E-state index contributed by atoms with van der Waals surface area (Å²) < 4.78 is 0. The van der Waals surface area contributed by atoms with Gasteiger partial charge < -0.3 is 10.6 Å². The van der Waals surface area contributed by atoms with Gasteiger partial charge in [-0.15, -0.1) is 0 Å². The number of primary amides is 1. The lowest BCUT2D eigenvalue weighted by Crippen LogP contribution is -2.21. The van der Waals surface area contributed by atoms with Crippen LogP contribution in [0.5, 0.6) is 0 Å². The Bertz CT molecular complexity index is 354. The molecule has 4 heteroatoms. The van der Waals surface area contributed by atoms with E-state index < -0.39 is 5.91 Å². The fourth-order valence-corrected chi connectivity index (χ4v) is 1.05. The molecule has 0 saturated heterocycles. The molecule has 0 atom stereocenters. The number of amides is 1. The molecule has 0 aliphatic heterocycles. The summed E-state index contributed by atoms with van der Waals surface area (Å²) in [5.74, 6) is -0.0473. The van der Waals surface area contributed by atoms with Crippen LogP contribution in [-0.2, 0) is 0 Å². The SMILES string of the molecule is CN(C)C(=N)c1ccc(C(N)=O)cc1. The number of nitrogens with zero attached hydrogens (tertiary/aromatic N) is 1. The lowest BCUT2D eigenvalue weighted by Gasteiger charge is -2.13.